The molecule has 6 heteroatoms. The SMILES string of the molecule is Nc1nc2ccc([C@@H]3Nc4ccc5[nH]ncc5c4[C@H]4C5CCC(C5)[C@@H]34)cc2s1. The Morgan fingerprint density at radius 1 is 1.11 bits per heavy atom. The molecule has 4 aromatic rings. The van der Waals surface area contributed by atoms with Crippen molar-refractivity contribution in [1.82, 2.24) is 15.2 Å². The minimum atomic E-state index is 0.352. The number of aromatic nitrogens is 3. The number of benzene rings is 2. The zero-order valence-corrected chi connectivity index (χ0v) is 16.2. The molecule has 2 aromatic heterocycles. The highest BCUT2D eigenvalue weighted by Crippen LogP contribution is 2.64. The largest absolute Gasteiger partial charge is 0.378 e. The number of anilines is 2. The van der Waals surface area contributed by atoms with Crippen LogP contribution in [0.15, 0.2) is 36.5 Å². The van der Waals surface area contributed by atoms with Gasteiger partial charge in [-0.25, -0.2) is 4.98 Å². The van der Waals surface area contributed by atoms with Gasteiger partial charge in [-0.05, 0) is 78.3 Å². The van der Waals surface area contributed by atoms with Gasteiger partial charge in [-0.3, -0.25) is 5.10 Å². The van der Waals surface area contributed by atoms with Gasteiger partial charge in [-0.2, -0.15) is 5.10 Å². The number of nitrogen functional groups attached to an aromatic ring is 1. The van der Waals surface area contributed by atoms with Crippen LogP contribution < -0.4 is 11.1 Å². The number of nitrogens with zero attached hydrogens (tertiary/aromatic N) is 2. The fourth-order valence-corrected chi connectivity index (χ4v) is 7.27. The Hall–Kier alpha value is -2.60. The van der Waals surface area contributed by atoms with Crippen LogP contribution in [0.5, 0.6) is 0 Å². The first-order valence-electron chi connectivity index (χ1n) is 10.1. The van der Waals surface area contributed by atoms with Crippen LogP contribution in [0.1, 0.15) is 42.3 Å². The van der Waals surface area contributed by atoms with Gasteiger partial charge < -0.3 is 11.1 Å². The number of rotatable bonds is 1. The molecule has 4 N–H and O–H groups in total. The normalized spacial score (nSPS) is 30.5. The molecule has 140 valence electrons. The average Bonchev–Trinajstić information content (AvgIpc) is 3.48. The molecule has 1 aliphatic heterocycles. The maximum absolute atomic E-state index is 5.94. The van der Waals surface area contributed by atoms with E-state index in [0.29, 0.717) is 23.0 Å². The number of fused-ring (bicyclic) bond motifs is 10. The highest BCUT2D eigenvalue weighted by molar-refractivity contribution is 7.22. The summed E-state index contributed by atoms with van der Waals surface area (Å²) in [5.41, 5.74) is 12.3. The molecule has 5 atom stereocenters. The molecule has 2 aliphatic carbocycles. The summed E-state index contributed by atoms with van der Waals surface area (Å²) >= 11 is 1.59. The zero-order valence-electron chi connectivity index (χ0n) is 15.4. The maximum atomic E-state index is 5.94. The number of hydrogen-bond acceptors (Lipinski definition) is 5. The van der Waals surface area contributed by atoms with Crippen molar-refractivity contribution in [3.05, 3.63) is 47.7 Å². The van der Waals surface area contributed by atoms with Gasteiger partial charge in [0, 0.05) is 11.1 Å². The topological polar surface area (TPSA) is 79.6 Å². The van der Waals surface area contributed by atoms with Crippen molar-refractivity contribution < 1.29 is 0 Å². The van der Waals surface area contributed by atoms with E-state index in [-0.39, 0.29) is 0 Å². The number of thiazole rings is 1. The Kier molecular flexibility index (Phi) is 2.88. The van der Waals surface area contributed by atoms with Crippen molar-refractivity contribution in [1.29, 1.82) is 0 Å². The van der Waals surface area contributed by atoms with E-state index in [4.69, 9.17) is 5.73 Å². The van der Waals surface area contributed by atoms with Crippen LogP contribution in [0.2, 0.25) is 0 Å². The van der Waals surface area contributed by atoms with Crippen LogP contribution in [0.3, 0.4) is 0 Å². The molecule has 3 heterocycles. The van der Waals surface area contributed by atoms with E-state index < -0.39 is 0 Å². The molecule has 0 amide bonds. The Bertz CT molecular complexity index is 1240. The van der Waals surface area contributed by atoms with Gasteiger partial charge in [0.25, 0.3) is 0 Å². The summed E-state index contributed by atoms with van der Waals surface area (Å²) in [6, 6.07) is 11.5. The van der Waals surface area contributed by atoms with Gasteiger partial charge in [0.05, 0.1) is 28.0 Å². The second-order valence-electron chi connectivity index (χ2n) is 8.70. The minimum absolute atomic E-state index is 0.352. The lowest BCUT2D eigenvalue weighted by atomic mass is 9.67. The van der Waals surface area contributed by atoms with E-state index in [9.17, 15) is 0 Å². The molecular formula is C22H21N5S. The lowest BCUT2D eigenvalue weighted by molar-refractivity contribution is 0.249. The zero-order chi connectivity index (χ0) is 18.4. The third-order valence-corrected chi connectivity index (χ3v) is 8.31. The Labute approximate surface area is 166 Å². The van der Waals surface area contributed by atoms with Gasteiger partial charge in [0.15, 0.2) is 5.13 Å². The van der Waals surface area contributed by atoms with Crippen LogP contribution in [0, 0.1) is 17.8 Å². The van der Waals surface area contributed by atoms with Crippen LogP contribution in [0.25, 0.3) is 21.1 Å². The molecule has 2 saturated carbocycles. The lowest BCUT2D eigenvalue weighted by Gasteiger charge is -2.43. The number of aromatic amines is 1. The molecule has 2 bridgehead atoms. The maximum Gasteiger partial charge on any atom is 0.181 e. The summed E-state index contributed by atoms with van der Waals surface area (Å²) in [5.74, 6) is 2.89. The van der Waals surface area contributed by atoms with E-state index in [1.165, 1.54) is 46.2 Å². The third-order valence-electron chi connectivity index (χ3n) is 7.46. The smallest absolute Gasteiger partial charge is 0.181 e. The molecule has 2 fully saturated rings. The van der Waals surface area contributed by atoms with E-state index in [1.54, 1.807) is 11.3 Å². The molecule has 3 aliphatic rings. The highest BCUT2D eigenvalue weighted by atomic mass is 32.1. The van der Waals surface area contributed by atoms with Crippen LogP contribution in [-0.4, -0.2) is 15.2 Å². The van der Waals surface area contributed by atoms with Crippen molar-refractivity contribution >= 4 is 43.3 Å². The summed E-state index contributed by atoms with van der Waals surface area (Å²) in [5, 5.41) is 13.4. The van der Waals surface area contributed by atoms with Crippen LogP contribution in [-0.2, 0) is 0 Å². The van der Waals surface area contributed by atoms with E-state index >= 15 is 0 Å². The summed E-state index contributed by atoms with van der Waals surface area (Å²) < 4.78 is 1.19. The fraction of sp³-hybridized carbons (Fsp3) is 0.364. The van der Waals surface area contributed by atoms with Gasteiger partial charge in [0.2, 0.25) is 0 Å². The van der Waals surface area contributed by atoms with Crippen molar-refractivity contribution in [2.45, 2.75) is 31.2 Å². The second kappa shape index (κ2) is 5.26. The predicted molar refractivity (Wildman–Crippen MR) is 114 cm³/mol. The molecule has 2 unspecified atom stereocenters. The van der Waals surface area contributed by atoms with Gasteiger partial charge in [-0.15, -0.1) is 0 Å². The molecule has 0 saturated heterocycles. The number of nitrogens with two attached hydrogens (primary N) is 1. The predicted octanol–water partition coefficient (Wildman–Crippen LogP) is 5.05. The molecule has 28 heavy (non-hydrogen) atoms. The van der Waals surface area contributed by atoms with Gasteiger partial charge in [0.1, 0.15) is 0 Å². The lowest BCUT2D eigenvalue weighted by Crippen LogP contribution is -2.35. The molecular weight excluding hydrogens is 366 g/mol. The van der Waals surface area contributed by atoms with Crippen LogP contribution in [0.4, 0.5) is 10.8 Å². The Morgan fingerprint density at radius 2 is 2.04 bits per heavy atom. The van der Waals surface area contributed by atoms with Crippen molar-refractivity contribution in [3.63, 3.8) is 0 Å². The number of nitrogens with one attached hydrogen (secondary N) is 2. The first-order valence-corrected chi connectivity index (χ1v) is 11.0. The van der Waals surface area contributed by atoms with Gasteiger partial charge in [-0.1, -0.05) is 17.4 Å². The van der Waals surface area contributed by atoms with Crippen LogP contribution >= 0.6 is 11.3 Å². The fourth-order valence-electron chi connectivity index (χ4n) is 6.49. The first kappa shape index (κ1) is 15.3. The minimum Gasteiger partial charge on any atom is -0.378 e. The van der Waals surface area contributed by atoms with E-state index in [1.807, 2.05) is 6.20 Å². The second-order valence-corrected chi connectivity index (χ2v) is 9.76. The molecule has 2 aromatic carbocycles. The first-order chi connectivity index (χ1) is 13.8. The third kappa shape index (κ3) is 1.91. The Balaban J connectivity index is 1.43. The van der Waals surface area contributed by atoms with E-state index in [0.717, 1.165) is 22.9 Å². The molecule has 0 spiro atoms. The van der Waals surface area contributed by atoms with Crippen molar-refractivity contribution in [3.8, 4) is 0 Å². The van der Waals surface area contributed by atoms with E-state index in [2.05, 4.69) is 50.8 Å². The standard InChI is InChI=1S/C22H21N5S/c23-22-26-15-4-3-12(8-17(15)28-22)21-19-11-2-1-10(7-11)18(19)20-13-9-24-27-14(13)5-6-16(20)25-21/h3-6,8-11,18-19,21,25H,1-2,7H2,(H2,23,26)(H,24,27)/t10?,11?,18-,19+,21-/m0/s1. The Morgan fingerprint density at radius 3 is 3.00 bits per heavy atom. The molecule has 7 rings (SSSR count). The monoisotopic (exact) mass is 387 g/mol. The number of H-pyrrole nitrogens is 1. The summed E-state index contributed by atoms with van der Waals surface area (Å²) in [6.45, 7) is 0. The molecule has 0 radical (unpaired) electrons. The van der Waals surface area contributed by atoms with Crippen molar-refractivity contribution in [2.24, 2.45) is 17.8 Å². The van der Waals surface area contributed by atoms with Gasteiger partial charge >= 0.3 is 0 Å². The number of hydrogen-bond donors (Lipinski definition) is 3. The molecule has 5 nitrogen and oxygen atoms in total. The summed E-state index contributed by atoms with van der Waals surface area (Å²) in [6.07, 6.45) is 6.13. The average molecular weight is 388 g/mol. The quantitative estimate of drug-likeness (QED) is 0.427. The van der Waals surface area contributed by atoms with Crippen molar-refractivity contribution in [2.75, 3.05) is 11.1 Å². The summed E-state index contributed by atoms with van der Waals surface area (Å²) in [4.78, 5) is 4.43. The summed E-state index contributed by atoms with van der Waals surface area (Å²) in [7, 11) is 0. The highest BCUT2D eigenvalue weighted by Gasteiger charge is 2.54.